The molecule has 0 spiro atoms. The van der Waals surface area contributed by atoms with E-state index in [2.05, 4.69) is 10.6 Å². The summed E-state index contributed by atoms with van der Waals surface area (Å²) in [6, 6.07) is 5.59. The summed E-state index contributed by atoms with van der Waals surface area (Å²) >= 11 is 6.32. The van der Waals surface area contributed by atoms with Crippen molar-refractivity contribution in [2.45, 2.75) is 51.2 Å². The first-order valence-electron chi connectivity index (χ1n) is 7.20. The summed E-state index contributed by atoms with van der Waals surface area (Å²) in [7, 11) is 1.99. The SMILES string of the molecule is CNC1(Cc2ccc(NC(=O)OC(C)(C)C)cc2Cl)CC1. The maximum absolute atomic E-state index is 11.7. The highest BCUT2D eigenvalue weighted by Crippen LogP contribution is 2.39. The average Bonchev–Trinajstić information content (AvgIpc) is 3.11. The Hall–Kier alpha value is -1.26. The highest BCUT2D eigenvalue weighted by molar-refractivity contribution is 6.31. The molecule has 1 aliphatic rings. The number of ether oxygens (including phenoxy) is 1. The first-order chi connectivity index (χ1) is 9.73. The first kappa shape index (κ1) is 16.1. The standard InChI is InChI=1S/C16H23ClN2O2/c1-15(2,3)21-14(20)19-12-6-5-11(13(17)9-12)10-16(18-4)7-8-16/h5-6,9,18H,7-8,10H2,1-4H3,(H,19,20). The Morgan fingerprint density at radius 2 is 2.05 bits per heavy atom. The van der Waals surface area contributed by atoms with Gasteiger partial charge in [-0.1, -0.05) is 17.7 Å². The molecule has 2 rings (SSSR count). The summed E-state index contributed by atoms with van der Waals surface area (Å²) in [4.78, 5) is 11.7. The van der Waals surface area contributed by atoms with Gasteiger partial charge in [0.2, 0.25) is 0 Å². The minimum atomic E-state index is -0.515. The van der Waals surface area contributed by atoms with Gasteiger partial charge in [0.1, 0.15) is 5.60 Å². The largest absolute Gasteiger partial charge is 0.444 e. The van der Waals surface area contributed by atoms with Gasteiger partial charge in [0.15, 0.2) is 0 Å². The minimum Gasteiger partial charge on any atom is -0.444 e. The van der Waals surface area contributed by atoms with Crippen LogP contribution in [0.3, 0.4) is 0 Å². The normalized spacial score (nSPS) is 16.4. The number of carbonyl (C=O) groups excluding carboxylic acids is 1. The van der Waals surface area contributed by atoms with E-state index in [1.54, 1.807) is 6.07 Å². The van der Waals surface area contributed by atoms with Crippen molar-refractivity contribution in [2.75, 3.05) is 12.4 Å². The zero-order valence-corrected chi connectivity index (χ0v) is 13.8. The number of likely N-dealkylation sites (N-methyl/N-ethyl adjacent to an activating group) is 1. The monoisotopic (exact) mass is 310 g/mol. The Bertz CT molecular complexity index is 534. The number of nitrogens with one attached hydrogen (secondary N) is 2. The van der Waals surface area contributed by atoms with Crippen LogP contribution in [0.2, 0.25) is 5.02 Å². The molecule has 2 N–H and O–H groups in total. The molecule has 116 valence electrons. The molecule has 21 heavy (non-hydrogen) atoms. The number of carbonyl (C=O) groups is 1. The van der Waals surface area contributed by atoms with E-state index in [9.17, 15) is 4.79 Å². The van der Waals surface area contributed by atoms with Crippen LogP contribution < -0.4 is 10.6 Å². The molecular weight excluding hydrogens is 288 g/mol. The van der Waals surface area contributed by atoms with Gasteiger partial charge >= 0.3 is 6.09 Å². The van der Waals surface area contributed by atoms with Crippen LogP contribution in [0.1, 0.15) is 39.2 Å². The van der Waals surface area contributed by atoms with E-state index in [1.807, 2.05) is 40.0 Å². The number of rotatable bonds is 4. The van der Waals surface area contributed by atoms with Gasteiger partial charge in [-0.3, -0.25) is 5.32 Å². The first-order valence-corrected chi connectivity index (χ1v) is 7.58. The predicted octanol–water partition coefficient (Wildman–Crippen LogP) is 3.98. The van der Waals surface area contributed by atoms with Crippen molar-refractivity contribution in [3.05, 3.63) is 28.8 Å². The fourth-order valence-corrected chi connectivity index (χ4v) is 2.47. The summed E-state index contributed by atoms with van der Waals surface area (Å²) < 4.78 is 5.22. The summed E-state index contributed by atoms with van der Waals surface area (Å²) in [5.41, 5.74) is 1.44. The van der Waals surface area contributed by atoms with E-state index in [1.165, 1.54) is 12.8 Å². The van der Waals surface area contributed by atoms with Crippen molar-refractivity contribution < 1.29 is 9.53 Å². The van der Waals surface area contributed by atoms with Gasteiger partial charge in [0.05, 0.1) is 0 Å². The number of benzene rings is 1. The van der Waals surface area contributed by atoms with Gasteiger partial charge in [-0.15, -0.1) is 0 Å². The molecule has 0 aromatic heterocycles. The number of anilines is 1. The van der Waals surface area contributed by atoms with Crippen LogP contribution in [-0.2, 0) is 11.2 Å². The highest BCUT2D eigenvalue weighted by atomic mass is 35.5. The molecule has 0 radical (unpaired) electrons. The molecule has 1 fully saturated rings. The lowest BCUT2D eigenvalue weighted by molar-refractivity contribution is 0.0636. The van der Waals surface area contributed by atoms with Crippen molar-refractivity contribution in [3.63, 3.8) is 0 Å². The van der Waals surface area contributed by atoms with Gasteiger partial charge in [-0.2, -0.15) is 0 Å². The van der Waals surface area contributed by atoms with Crippen LogP contribution in [0.4, 0.5) is 10.5 Å². The second-order valence-corrected chi connectivity index (χ2v) is 7.05. The molecule has 1 saturated carbocycles. The fourth-order valence-electron chi connectivity index (χ4n) is 2.22. The molecule has 0 saturated heterocycles. The van der Waals surface area contributed by atoms with E-state index in [0.29, 0.717) is 10.7 Å². The Labute approximate surface area is 131 Å². The molecule has 0 aliphatic heterocycles. The van der Waals surface area contributed by atoms with E-state index in [0.717, 1.165) is 12.0 Å². The Morgan fingerprint density at radius 3 is 2.52 bits per heavy atom. The summed E-state index contributed by atoms with van der Waals surface area (Å²) in [5, 5.41) is 6.72. The fraction of sp³-hybridized carbons (Fsp3) is 0.562. The Morgan fingerprint density at radius 1 is 1.38 bits per heavy atom. The summed E-state index contributed by atoms with van der Waals surface area (Å²) in [6.45, 7) is 5.49. The maximum atomic E-state index is 11.7. The lowest BCUT2D eigenvalue weighted by Gasteiger charge is -2.20. The molecule has 1 aromatic carbocycles. The lowest BCUT2D eigenvalue weighted by atomic mass is 10.0. The number of hydrogen-bond donors (Lipinski definition) is 2. The van der Waals surface area contributed by atoms with Crippen LogP contribution in [0.15, 0.2) is 18.2 Å². The topological polar surface area (TPSA) is 50.4 Å². The van der Waals surface area contributed by atoms with Crippen LogP contribution in [-0.4, -0.2) is 24.3 Å². The van der Waals surface area contributed by atoms with Gasteiger partial charge in [0.25, 0.3) is 0 Å². The second kappa shape index (κ2) is 5.85. The third-order valence-corrected chi connectivity index (χ3v) is 3.96. The van der Waals surface area contributed by atoms with Crippen LogP contribution in [0, 0.1) is 0 Å². The van der Waals surface area contributed by atoms with Crippen molar-refractivity contribution in [1.29, 1.82) is 0 Å². The van der Waals surface area contributed by atoms with E-state index in [4.69, 9.17) is 16.3 Å². The molecule has 0 unspecified atom stereocenters. The zero-order chi connectivity index (χ0) is 15.7. The molecule has 0 heterocycles. The van der Waals surface area contributed by atoms with E-state index >= 15 is 0 Å². The molecule has 0 atom stereocenters. The molecule has 0 bridgehead atoms. The van der Waals surface area contributed by atoms with E-state index in [-0.39, 0.29) is 5.54 Å². The third-order valence-electron chi connectivity index (χ3n) is 3.61. The highest BCUT2D eigenvalue weighted by Gasteiger charge is 2.41. The maximum Gasteiger partial charge on any atom is 0.412 e. The quantitative estimate of drug-likeness (QED) is 0.884. The van der Waals surface area contributed by atoms with Gasteiger partial charge in [-0.25, -0.2) is 4.79 Å². The van der Waals surface area contributed by atoms with Crippen LogP contribution >= 0.6 is 11.6 Å². The molecule has 1 aromatic rings. The van der Waals surface area contributed by atoms with Crippen molar-refractivity contribution in [1.82, 2.24) is 5.32 Å². The van der Waals surface area contributed by atoms with Gasteiger partial charge < -0.3 is 10.1 Å². The average molecular weight is 311 g/mol. The zero-order valence-electron chi connectivity index (χ0n) is 13.0. The smallest absolute Gasteiger partial charge is 0.412 e. The van der Waals surface area contributed by atoms with Crippen molar-refractivity contribution >= 4 is 23.4 Å². The molecule has 5 heteroatoms. The number of hydrogen-bond acceptors (Lipinski definition) is 3. The second-order valence-electron chi connectivity index (χ2n) is 6.64. The van der Waals surface area contributed by atoms with Gasteiger partial charge in [-0.05, 0) is 64.8 Å². The minimum absolute atomic E-state index is 0.212. The van der Waals surface area contributed by atoms with Crippen LogP contribution in [0.25, 0.3) is 0 Å². The molecule has 4 nitrogen and oxygen atoms in total. The summed E-state index contributed by atoms with van der Waals surface area (Å²) in [6.07, 6.45) is 2.80. The molecule has 1 aliphatic carbocycles. The Kier molecular flexibility index (Phi) is 4.49. The summed E-state index contributed by atoms with van der Waals surface area (Å²) in [5.74, 6) is 0. The third kappa shape index (κ3) is 4.61. The lowest BCUT2D eigenvalue weighted by Crippen LogP contribution is -2.29. The van der Waals surface area contributed by atoms with Crippen LogP contribution in [0.5, 0.6) is 0 Å². The number of amides is 1. The predicted molar refractivity (Wildman–Crippen MR) is 86.0 cm³/mol. The molecular formula is C16H23ClN2O2. The molecule has 1 amide bonds. The van der Waals surface area contributed by atoms with E-state index < -0.39 is 11.7 Å². The number of halogens is 1. The Balaban J connectivity index is 2.00. The van der Waals surface area contributed by atoms with Crippen molar-refractivity contribution in [2.24, 2.45) is 0 Å². The van der Waals surface area contributed by atoms with Crippen molar-refractivity contribution in [3.8, 4) is 0 Å². The van der Waals surface area contributed by atoms with Gasteiger partial charge in [0, 0.05) is 16.2 Å².